The lowest BCUT2D eigenvalue weighted by Crippen LogP contribution is -2.62. The van der Waals surface area contributed by atoms with Crippen molar-refractivity contribution in [1.29, 1.82) is 21.2 Å². The predicted molar refractivity (Wildman–Crippen MR) is 81.7 cm³/mol. The molecule has 2 aliphatic heterocycles. The predicted octanol–water partition coefficient (Wildman–Crippen LogP) is 3.26. The Bertz CT molecular complexity index is 612. The van der Waals surface area contributed by atoms with Gasteiger partial charge in [0.15, 0.2) is 10.8 Å². The molecule has 0 saturated carbocycles. The largest absolute Gasteiger partial charge is 0.447 e. The van der Waals surface area contributed by atoms with E-state index in [9.17, 15) is 15.8 Å². The van der Waals surface area contributed by atoms with Crippen molar-refractivity contribution in [2.75, 3.05) is 0 Å². The first-order valence-corrected chi connectivity index (χ1v) is 8.18. The third-order valence-corrected chi connectivity index (χ3v) is 5.22. The first-order chi connectivity index (χ1) is 11.0. The van der Waals surface area contributed by atoms with Crippen LogP contribution >= 0.6 is 0 Å². The Balaban J connectivity index is 2.76. The normalized spacial score (nSPS) is 37.3. The Morgan fingerprint density at radius 1 is 1.09 bits per heavy atom. The lowest BCUT2D eigenvalue weighted by Gasteiger charge is -2.49. The van der Waals surface area contributed by atoms with E-state index in [0.717, 1.165) is 6.42 Å². The molecular formula is C17H22N4O2. The maximum absolute atomic E-state index is 9.98. The van der Waals surface area contributed by atoms with Gasteiger partial charge in [0.05, 0.1) is 30.2 Å². The van der Waals surface area contributed by atoms with Crippen molar-refractivity contribution in [3.63, 3.8) is 0 Å². The molecular weight excluding hydrogens is 292 g/mol. The number of nitrogens with zero attached hydrogens (tertiary/aromatic N) is 3. The van der Waals surface area contributed by atoms with Crippen molar-refractivity contribution in [3.05, 3.63) is 0 Å². The Hall–Kier alpha value is -2.10. The van der Waals surface area contributed by atoms with E-state index in [0.29, 0.717) is 25.7 Å². The van der Waals surface area contributed by atoms with Crippen molar-refractivity contribution in [2.24, 2.45) is 16.7 Å². The molecule has 0 amide bonds. The first kappa shape index (κ1) is 17.3. The topological polar surface area (TPSA) is 114 Å². The van der Waals surface area contributed by atoms with Gasteiger partial charge in [0.25, 0.3) is 0 Å². The van der Waals surface area contributed by atoms with Gasteiger partial charge in [-0.2, -0.15) is 15.8 Å². The first-order valence-electron chi connectivity index (χ1n) is 8.18. The van der Waals surface area contributed by atoms with Crippen molar-refractivity contribution >= 4 is 5.90 Å². The van der Waals surface area contributed by atoms with E-state index in [-0.39, 0.29) is 5.90 Å². The molecule has 2 fully saturated rings. The molecule has 0 radical (unpaired) electrons. The molecule has 4 unspecified atom stereocenters. The highest BCUT2D eigenvalue weighted by molar-refractivity contribution is 5.89. The summed E-state index contributed by atoms with van der Waals surface area (Å²) >= 11 is 0. The quantitative estimate of drug-likeness (QED) is 0.836. The van der Waals surface area contributed by atoms with E-state index in [1.165, 1.54) is 0 Å². The fourth-order valence-electron chi connectivity index (χ4n) is 4.31. The van der Waals surface area contributed by atoms with Gasteiger partial charge < -0.3 is 9.47 Å². The van der Waals surface area contributed by atoms with E-state index in [1.807, 2.05) is 32.9 Å². The molecule has 4 atom stereocenters. The number of ether oxygens (including phenoxy) is 2. The van der Waals surface area contributed by atoms with Crippen LogP contribution in [0.25, 0.3) is 0 Å². The SMILES string of the molecule is CCCC1OC2(CCC)OC(=N)C(C#N)(C2CC)C1(C#N)C#N. The zero-order chi connectivity index (χ0) is 17.3. The minimum Gasteiger partial charge on any atom is -0.447 e. The number of hydrogen-bond acceptors (Lipinski definition) is 6. The summed E-state index contributed by atoms with van der Waals surface area (Å²) in [5, 5.41) is 38.0. The Morgan fingerprint density at radius 3 is 2.17 bits per heavy atom. The Kier molecular flexibility index (Phi) is 4.38. The number of hydrogen-bond donors (Lipinski definition) is 1. The van der Waals surface area contributed by atoms with Crippen LogP contribution in [0.5, 0.6) is 0 Å². The second-order valence-electron chi connectivity index (χ2n) is 6.30. The number of fused-ring (bicyclic) bond motifs is 2. The van der Waals surface area contributed by atoms with E-state index >= 15 is 0 Å². The lowest BCUT2D eigenvalue weighted by molar-refractivity contribution is -0.284. The van der Waals surface area contributed by atoms with Crippen LogP contribution in [0.2, 0.25) is 0 Å². The van der Waals surface area contributed by atoms with Crippen molar-refractivity contribution in [3.8, 4) is 18.2 Å². The van der Waals surface area contributed by atoms with Crippen LogP contribution in [-0.4, -0.2) is 17.8 Å². The van der Waals surface area contributed by atoms with E-state index < -0.39 is 28.6 Å². The van der Waals surface area contributed by atoms with Crippen LogP contribution in [0.3, 0.4) is 0 Å². The molecule has 23 heavy (non-hydrogen) atoms. The maximum atomic E-state index is 9.98. The fourth-order valence-corrected chi connectivity index (χ4v) is 4.31. The molecule has 2 bridgehead atoms. The van der Waals surface area contributed by atoms with E-state index in [2.05, 4.69) is 6.07 Å². The molecule has 0 aliphatic carbocycles. The summed E-state index contributed by atoms with van der Waals surface area (Å²) in [6.45, 7) is 5.80. The molecule has 0 spiro atoms. The second-order valence-corrected chi connectivity index (χ2v) is 6.30. The summed E-state index contributed by atoms with van der Waals surface area (Å²) in [6, 6.07) is 6.24. The average Bonchev–Trinajstić information content (AvgIpc) is 2.73. The van der Waals surface area contributed by atoms with Gasteiger partial charge in [-0.05, 0) is 19.3 Å². The minimum atomic E-state index is -1.72. The van der Waals surface area contributed by atoms with Gasteiger partial charge in [-0.1, -0.05) is 27.2 Å². The number of nitriles is 3. The summed E-state index contributed by atoms with van der Waals surface area (Å²) in [7, 11) is 0. The van der Waals surface area contributed by atoms with Gasteiger partial charge in [-0.25, -0.2) is 0 Å². The van der Waals surface area contributed by atoms with Crippen LogP contribution in [0.15, 0.2) is 0 Å². The van der Waals surface area contributed by atoms with Crippen LogP contribution in [0.1, 0.15) is 52.9 Å². The third-order valence-electron chi connectivity index (χ3n) is 5.22. The zero-order valence-corrected chi connectivity index (χ0v) is 13.8. The molecule has 0 aromatic heterocycles. The highest BCUT2D eigenvalue weighted by atomic mass is 16.7. The summed E-state index contributed by atoms with van der Waals surface area (Å²) in [6.07, 6.45) is 2.24. The van der Waals surface area contributed by atoms with Gasteiger partial charge in [-0.3, -0.25) is 5.41 Å². The van der Waals surface area contributed by atoms with Gasteiger partial charge in [0, 0.05) is 6.42 Å². The van der Waals surface area contributed by atoms with Gasteiger partial charge in [0.1, 0.15) is 0 Å². The summed E-state index contributed by atoms with van der Waals surface area (Å²) in [5.74, 6) is -1.87. The van der Waals surface area contributed by atoms with Crippen molar-refractivity contribution in [2.45, 2.75) is 64.8 Å². The number of nitrogens with one attached hydrogen (secondary N) is 1. The highest BCUT2D eigenvalue weighted by Crippen LogP contribution is 2.65. The Labute approximate surface area is 137 Å². The molecule has 122 valence electrons. The Morgan fingerprint density at radius 2 is 1.74 bits per heavy atom. The van der Waals surface area contributed by atoms with Crippen molar-refractivity contribution in [1.82, 2.24) is 0 Å². The highest BCUT2D eigenvalue weighted by Gasteiger charge is 2.79. The van der Waals surface area contributed by atoms with Gasteiger partial charge in [-0.15, -0.1) is 0 Å². The average molecular weight is 314 g/mol. The molecule has 2 aliphatic rings. The van der Waals surface area contributed by atoms with E-state index in [1.54, 1.807) is 0 Å². The smallest absolute Gasteiger partial charge is 0.217 e. The van der Waals surface area contributed by atoms with Gasteiger partial charge in [0.2, 0.25) is 11.7 Å². The van der Waals surface area contributed by atoms with Crippen molar-refractivity contribution < 1.29 is 9.47 Å². The third kappa shape index (κ3) is 1.84. The van der Waals surface area contributed by atoms with Crippen LogP contribution in [0, 0.1) is 56.2 Å². The standard InChI is InChI=1S/C17H22N4O2/c1-4-7-13-15(9-18,10-19)16(11-20)12(6-3)17(22-13,8-5-2)23-14(16)21/h12-13,21H,4-8H2,1-3H3. The fraction of sp³-hybridized carbons (Fsp3) is 0.765. The molecule has 2 saturated heterocycles. The van der Waals surface area contributed by atoms with Crippen LogP contribution in [-0.2, 0) is 9.47 Å². The van der Waals surface area contributed by atoms with Gasteiger partial charge >= 0.3 is 0 Å². The lowest BCUT2D eigenvalue weighted by atomic mass is 9.53. The monoisotopic (exact) mass is 314 g/mol. The summed E-state index contributed by atoms with van der Waals surface area (Å²) < 4.78 is 12.0. The zero-order valence-electron chi connectivity index (χ0n) is 13.8. The van der Waals surface area contributed by atoms with E-state index in [4.69, 9.17) is 14.9 Å². The summed E-state index contributed by atoms with van der Waals surface area (Å²) in [4.78, 5) is 0. The summed E-state index contributed by atoms with van der Waals surface area (Å²) in [5.41, 5.74) is -3.29. The molecule has 2 heterocycles. The maximum Gasteiger partial charge on any atom is 0.217 e. The minimum absolute atomic E-state index is 0.290. The molecule has 0 aromatic carbocycles. The van der Waals surface area contributed by atoms with Crippen LogP contribution < -0.4 is 0 Å². The molecule has 0 aromatic rings. The molecule has 1 N–H and O–H groups in total. The van der Waals surface area contributed by atoms with Crippen LogP contribution in [0.4, 0.5) is 0 Å². The second kappa shape index (κ2) is 5.84. The molecule has 2 rings (SSSR count). The number of rotatable bonds is 5. The molecule has 6 nitrogen and oxygen atoms in total. The molecule has 6 heteroatoms.